The van der Waals surface area contributed by atoms with E-state index in [1.54, 1.807) is 19.1 Å². The van der Waals surface area contributed by atoms with Gasteiger partial charge in [0.15, 0.2) is 0 Å². The van der Waals surface area contributed by atoms with E-state index in [9.17, 15) is 32.5 Å². The highest BCUT2D eigenvalue weighted by atomic mass is 35.5. The Morgan fingerprint density at radius 1 is 1.15 bits per heavy atom. The van der Waals surface area contributed by atoms with E-state index in [-0.39, 0.29) is 11.4 Å². The van der Waals surface area contributed by atoms with Gasteiger partial charge in [-0.2, -0.15) is 5.10 Å². The van der Waals surface area contributed by atoms with Crippen LogP contribution in [0.3, 0.4) is 0 Å². The molecule has 0 aliphatic carbocycles. The third-order valence-electron chi connectivity index (χ3n) is 4.41. The molecule has 1 N–H and O–H groups in total. The molecule has 0 spiro atoms. The number of hydrogen-bond donors (Lipinski definition) is 1. The fourth-order valence-corrected chi connectivity index (χ4v) is 3.33. The van der Waals surface area contributed by atoms with E-state index in [1.165, 1.54) is 12.1 Å². The number of carbonyl (C=O) groups excluding carboxylic acids is 1. The number of nitrogens with zero attached hydrogens (tertiary/aromatic N) is 3. The molecule has 14 heteroatoms. The summed E-state index contributed by atoms with van der Waals surface area (Å²) in [6.07, 6.45) is -6.51. The van der Waals surface area contributed by atoms with Gasteiger partial charge >= 0.3 is 0 Å². The van der Waals surface area contributed by atoms with E-state index in [1.807, 2.05) is 0 Å². The van der Waals surface area contributed by atoms with Crippen molar-refractivity contribution in [2.24, 2.45) is 0 Å². The summed E-state index contributed by atoms with van der Waals surface area (Å²) in [5.74, 6) is -0.677. The number of alkyl halides is 4. The Kier molecular flexibility index (Phi) is 7.62. The van der Waals surface area contributed by atoms with Crippen molar-refractivity contribution in [1.82, 2.24) is 9.78 Å². The van der Waals surface area contributed by atoms with Gasteiger partial charge in [-0.1, -0.05) is 23.2 Å². The number of nitro groups is 1. The molecule has 1 aromatic heterocycles. The quantitative estimate of drug-likeness (QED) is 0.202. The summed E-state index contributed by atoms with van der Waals surface area (Å²) in [7, 11) is 0. The van der Waals surface area contributed by atoms with Crippen molar-refractivity contribution in [3.8, 4) is 11.5 Å². The summed E-state index contributed by atoms with van der Waals surface area (Å²) < 4.78 is 58.5. The second-order valence-corrected chi connectivity index (χ2v) is 7.66. The van der Waals surface area contributed by atoms with E-state index >= 15 is 0 Å². The van der Waals surface area contributed by atoms with Crippen molar-refractivity contribution in [2.45, 2.75) is 26.3 Å². The molecule has 34 heavy (non-hydrogen) atoms. The standard InChI is InChI=1S/C20H14Cl2F4N4O4/c1-9-4-12(2-3-14(9)21)34-13-6-10(5-11(7-13)30(32)33)27-15(31)8-29-18(20(25)26)16(22)17(28-29)19(23)24/h2-7,19-20H,8H2,1H3,(H,27,31). The van der Waals surface area contributed by atoms with E-state index in [0.717, 1.165) is 12.1 Å². The third-order valence-corrected chi connectivity index (χ3v) is 5.23. The van der Waals surface area contributed by atoms with Gasteiger partial charge in [0.25, 0.3) is 18.5 Å². The van der Waals surface area contributed by atoms with Gasteiger partial charge in [-0.15, -0.1) is 0 Å². The van der Waals surface area contributed by atoms with Gasteiger partial charge in [0.2, 0.25) is 5.91 Å². The largest absolute Gasteiger partial charge is 0.457 e. The predicted molar refractivity (Wildman–Crippen MR) is 115 cm³/mol. The van der Waals surface area contributed by atoms with Crippen molar-refractivity contribution < 1.29 is 32.0 Å². The average molecular weight is 521 g/mol. The lowest BCUT2D eigenvalue weighted by Crippen LogP contribution is -2.21. The molecule has 0 aliphatic rings. The molecule has 0 bridgehead atoms. The smallest absolute Gasteiger partial charge is 0.283 e. The summed E-state index contributed by atoms with van der Waals surface area (Å²) in [4.78, 5) is 23.0. The minimum Gasteiger partial charge on any atom is -0.457 e. The lowest BCUT2D eigenvalue weighted by molar-refractivity contribution is -0.384. The van der Waals surface area contributed by atoms with Crippen LogP contribution in [-0.2, 0) is 11.3 Å². The first-order chi connectivity index (χ1) is 16.0. The number of rotatable bonds is 8. The molecule has 1 heterocycles. The zero-order valence-corrected chi connectivity index (χ0v) is 18.6. The molecule has 0 unspecified atom stereocenters. The first kappa shape index (κ1) is 25.2. The van der Waals surface area contributed by atoms with Crippen LogP contribution in [0.5, 0.6) is 11.5 Å². The van der Waals surface area contributed by atoms with Crippen LogP contribution in [0.1, 0.15) is 29.8 Å². The molecule has 180 valence electrons. The topological polar surface area (TPSA) is 99.3 Å². The lowest BCUT2D eigenvalue weighted by Gasteiger charge is -2.11. The SMILES string of the molecule is Cc1cc(Oc2cc(NC(=O)Cn3nc(C(F)F)c(Cl)c3C(F)F)cc([N+](=O)[O-])c2)ccc1Cl. The molecule has 0 atom stereocenters. The normalized spacial score (nSPS) is 11.2. The van der Waals surface area contributed by atoms with Crippen LogP contribution in [0.2, 0.25) is 10.0 Å². The van der Waals surface area contributed by atoms with Gasteiger partial charge in [-0.25, -0.2) is 17.6 Å². The summed E-state index contributed by atoms with van der Waals surface area (Å²) in [6, 6.07) is 8.05. The highest BCUT2D eigenvalue weighted by molar-refractivity contribution is 6.32. The Balaban J connectivity index is 1.86. The highest BCUT2D eigenvalue weighted by Crippen LogP contribution is 2.35. The van der Waals surface area contributed by atoms with Crippen LogP contribution in [0.4, 0.5) is 28.9 Å². The number of anilines is 1. The van der Waals surface area contributed by atoms with Gasteiger partial charge in [-0.3, -0.25) is 19.6 Å². The summed E-state index contributed by atoms with van der Waals surface area (Å²) in [5.41, 5.74) is -1.99. The van der Waals surface area contributed by atoms with Crippen molar-refractivity contribution in [3.05, 3.63) is 73.5 Å². The Labute approximate surface area is 199 Å². The van der Waals surface area contributed by atoms with Crippen molar-refractivity contribution in [2.75, 3.05) is 5.32 Å². The number of hydrogen-bond acceptors (Lipinski definition) is 5. The number of nitrogens with one attached hydrogen (secondary N) is 1. The van der Waals surface area contributed by atoms with Gasteiger partial charge in [0, 0.05) is 17.2 Å². The van der Waals surface area contributed by atoms with Crippen molar-refractivity contribution in [3.63, 3.8) is 0 Å². The Morgan fingerprint density at radius 3 is 2.44 bits per heavy atom. The predicted octanol–water partition coefficient (Wildman–Crippen LogP) is 6.71. The van der Waals surface area contributed by atoms with Crippen LogP contribution >= 0.6 is 23.2 Å². The molecule has 3 rings (SSSR count). The maximum absolute atomic E-state index is 13.3. The van der Waals surface area contributed by atoms with E-state index in [4.69, 9.17) is 27.9 Å². The van der Waals surface area contributed by atoms with E-state index < -0.39 is 52.3 Å². The number of nitro benzene ring substituents is 1. The molecule has 0 radical (unpaired) electrons. The molecule has 0 fully saturated rings. The van der Waals surface area contributed by atoms with Gasteiger partial charge < -0.3 is 10.1 Å². The maximum atomic E-state index is 13.3. The van der Waals surface area contributed by atoms with Gasteiger partial charge in [0.05, 0.1) is 21.7 Å². The number of ether oxygens (including phenoxy) is 1. The molecule has 3 aromatic rings. The van der Waals surface area contributed by atoms with E-state index in [2.05, 4.69) is 10.4 Å². The molecular formula is C20H14Cl2F4N4O4. The summed E-state index contributed by atoms with van der Waals surface area (Å²) in [6.45, 7) is 0.824. The fraction of sp³-hybridized carbons (Fsp3) is 0.200. The number of aromatic nitrogens is 2. The third kappa shape index (κ3) is 5.75. The van der Waals surface area contributed by atoms with Crippen LogP contribution in [0.25, 0.3) is 0 Å². The van der Waals surface area contributed by atoms with Crippen LogP contribution in [-0.4, -0.2) is 20.6 Å². The Bertz CT molecular complexity index is 1250. The fourth-order valence-electron chi connectivity index (χ4n) is 2.91. The number of carbonyl (C=O) groups is 1. The monoisotopic (exact) mass is 520 g/mol. The van der Waals surface area contributed by atoms with Crippen LogP contribution in [0.15, 0.2) is 36.4 Å². The van der Waals surface area contributed by atoms with Crippen LogP contribution in [0, 0.1) is 17.0 Å². The number of halogens is 6. The summed E-state index contributed by atoms with van der Waals surface area (Å²) in [5, 5.41) is 16.4. The summed E-state index contributed by atoms with van der Waals surface area (Å²) >= 11 is 11.5. The second kappa shape index (κ2) is 10.3. The van der Waals surface area contributed by atoms with Crippen LogP contribution < -0.4 is 10.1 Å². The van der Waals surface area contributed by atoms with Gasteiger partial charge in [0.1, 0.15) is 29.4 Å². The molecule has 8 nitrogen and oxygen atoms in total. The highest BCUT2D eigenvalue weighted by Gasteiger charge is 2.28. The number of benzene rings is 2. The molecule has 0 aliphatic heterocycles. The molecule has 0 saturated carbocycles. The zero-order chi connectivity index (χ0) is 25.2. The van der Waals surface area contributed by atoms with Gasteiger partial charge in [-0.05, 0) is 30.7 Å². The minimum absolute atomic E-state index is 0.0124. The zero-order valence-electron chi connectivity index (χ0n) is 17.1. The molecule has 1 amide bonds. The first-order valence-electron chi connectivity index (χ1n) is 9.32. The maximum Gasteiger partial charge on any atom is 0.283 e. The van der Waals surface area contributed by atoms with Crippen molar-refractivity contribution in [1.29, 1.82) is 0 Å². The molecular weight excluding hydrogens is 507 g/mol. The number of aryl methyl sites for hydroxylation is 1. The average Bonchev–Trinajstić information content (AvgIpc) is 3.06. The first-order valence-corrected chi connectivity index (χ1v) is 10.1. The number of amides is 1. The van der Waals surface area contributed by atoms with E-state index in [0.29, 0.717) is 21.0 Å². The van der Waals surface area contributed by atoms with Crippen molar-refractivity contribution >= 4 is 40.5 Å². The minimum atomic E-state index is -3.28. The lowest BCUT2D eigenvalue weighted by atomic mass is 10.2. The Morgan fingerprint density at radius 2 is 1.85 bits per heavy atom. The number of non-ortho nitro benzene ring substituents is 1. The second-order valence-electron chi connectivity index (χ2n) is 6.88. The molecule has 0 saturated heterocycles. The molecule has 2 aromatic carbocycles. The Hall–Kier alpha value is -3.38.